The third kappa shape index (κ3) is 0.918. The van der Waals surface area contributed by atoms with Crippen LogP contribution in [0.4, 0.5) is 4.39 Å². The lowest BCUT2D eigenvalue weighted by Gasteiger charge is -1.86. The van der Waals surface area contributed by atoms with E-state index >= 15 is 0 Å². The molecular formula is C5H8FN3. The summed E-state index contributed by atoms with van der Waals surface area (Å²) in [5, 5.41) is 7.05. The molecule has 0 spiro atoms. The number of aromatic nitrogens is 3. The van der Waals surface area contributed by atoms with Gasteiger partial charge in [-0.1, -0.05) is 12.1 Å². The van der Waals surface area contributed by atoms with Crippen LogP contribution < -0.4 is 0 Å². The van der Waals surface area contributed by atoms with E-state index in [2.05, 4.69) is 10.3 Å². The summed E-state index contributed by atoms with van der Waals surface area (Å²) in [7, 11) is 1.53. The predicted molar refractivity (Wildman–Crippen MR) is 30.3 cm³/mol. The lowest BCUT2D eigenvalue weighted by atomic mass is 10.4. The summed E-state index contributed by atoms with van der Waals surface area (Å²) in [5.41, 5.74) is 0.428. The Labute approximate surface area is 52.5 Å². The van der Waals surface area contributed by atoms with Gasteiger partial charge in [0.05, 0.1) is 0 Å². The van der Waals surface area contributed by atoms with Crippen LogP contribution in [0.25, 0.3) is 0 Å². The summed E-state index contributed by atoms with van der Waals surface area (Å²) in [4.78, 5) is 0. The van der Waals surface area contributed by atoms with E-state index in [0.717, 1.165) is 4.68 Å². The van der Waals surface area contributed by atoms with Crippen LogP contribution in [-0.4, -0.2) is 15.0 Å². The smallest absolute Gasteiger partial charge is 0.222 e. The van der Waals surface area contributed by atoms with Crippen LogP contribution in [0.3, 0.4) is 0 Å². The van der Waals surface area contributed by atoms with E-state index in [1.807, 2.05) is 6.92 Å². The average Bonchev–Trinajstić information content (AvgIpc) is 2.15. The van der Waals surface area contributed by atoms with Gasteiger partial charge in [0.1, 0.15) is 5.69 Å². The summed E-state index contributed by atoms with van der Waals surface area (Å²) in [6.45, 7) is 1.84. The maximum absolute atomic E-state index is 12.6. The fourth-order valence-corrected chi connectivity index (χ4v) is 0.605. The van der Waals surface area contributed by atoms with Crippen LogP contribution in [0.5, 0.6) is 0 Å². The van der Waals surface area contributed by atoms with Crippen LogP contribution in [-0.2, 0) is 13.5 Å². The first-order valence-corrected chi connectivity index (χ1v) is 2.79. The first kappa shape index (κ1) is 6.19. The molecule has 0 atom stereocenters. The second kappa shape index (κ2) is 2.13. The number of nitrogens with zero attached hydrogens (tertiary/aromatic N) is 3. The SMILES string of the molecule is CCc1nnn(C)c1F. The maximum Gasteiger partial charge on any atom is 0.234 e. The fourth-order valence-electron chi connectivity index (χ4n) is 0.605. The highest BCUT2D eigenvalue weighted by atomic mass is 19.1. The highest BCUT2D eigenvalue weighted by Gasteiger charge is 2.05. The first-order chi connectivity index (χ1) is 4.25. The Hall–Kier alpha value is -0.930. The molecule has 0 aromatic carbocycles. The molecule has 0 saturated carbocycles. The Morgan fingerprint density at radius 3 is 2.56 bits per heavy atom. The van der Waals surface area contributed by atoms with Crippen LogP contribution in [0.2, 0.25) is 0 Å². The van der Waals surface area contributed by atoms with Gasteiger partial charge in [-0.3, -0.25) is 0 Å². The molecule has 0 bridgehead atoms. The van der Waals surface area contributed by atoms with Crippen molar-refractivity contribution < 1.29 is 4.39 Å². The van der Waals surface area contributed by atoms with Gasteiger partial charge in [-0.15, -0.1) is 5.10 Å². The summed E-state index contributed by atoms with van der Waals surface area (Å²) in [5.74, 6) is -0.336. The van der Waals surface area contributed by atoms with Crippen molar-refractivity contribution >= 4 is 0 Å². The largest absolute Gasteiger partial charge is 0.234 e. The van der Waals surface area contributed by atoms with Crippen molar-refractivity contribution in [3.05, 3.63) is 11.6 Å². The topological polar surface area (TPSA) is 30.7 Å². The highest BCUT2D eigenvalue weighted by molar-refractivity contribution is 4.94. The van der Waals surface area contributed by atoms with Crippen LogP contribution in [0.1, 0.15) is 12.6 Å². The second-order valence-corrected chi connectivity index (χ2v) is 1.80. The molecule has 0 saturated heterocycles. The van der Waals surface area contributed by atoms with E-state index in [4.69, 9.17) is 0 Å². The van der Waals surface area contributed by atoms with Crippen molar-refractivity contribution in [3.8, 4) is 0 Å². The molecule has 0 aliphatic carbocycles. The van der Waals surface area contributed by atoms with Gasteiger partial charge in [-0.2, -0.15) is 4.39 Å². The van der Waals surface area contributed by atoms with E-state index in [-0.39, 0.29) is 5.95 Å². The maximum atomic E-state index is 12.6. The summed E-state index contributed by atoms with van der Waals surface area (Å²) < 4.78 is 13.7. The summed E-state index contributed by atoms with van der Waals surface area (Å²) in [6, 6.07) is 0. The third-order valence-corrected chi connectivity index (χ3v) is 1.16. The van der Waals surface area contributed by atoms with Crippen molar-refractivity contribution in [1.82, 2.24) is 15.0 Å². The van der Waals surface area contributed by atoms with Gasteiger partial charge in [0.2, 0.25) is 5.95 Å². The van der Waals surface area contributed by atoms with E-state index in [9.17, 15) is 4.39 Å². The molecule has 1 aromatic heterocycles. The molecular weight excluding hydrogens is 121 g/mol. The van der Waals surface area contributed by atoms with Gasteiger partial charge < -0.3 is 0 Å². The summed E-state index contributed by atoms with van der Waals surface area (Å²) in [6.07, 6.45) is 0.597. The average molecular weight is 129 g/mol. The zero-order valence-corrected chi connectivity index (χ0v) is 5.43. The van der Waals surface area contributed by atoms with E-state index in [1.165, 1.54) is 7.05 Å². The lowest BCUT2D eigenvalue weighted by Crippen LogP contribution is -1.94. The van der Waals surface area contributed by atoms with Gasteiger partial charge in [0, 0.05) is 7.05 Å². The number of halogens is 1. The highest BCUT2D eigenvalue weighted by Crippen LogP contribution is 1.99. The number of hydrogen-bond acceptors (Lipinski definition) is 2. The molecule has 9 heavy (non-hydrogen) atoms. The minimum atomic E-state index is -0.336. The van der Waals surface area contributed by atoms with Gasteiger partial charge in [-0.05, 0) is 6.42 Å². The molecule has 3 nitrogen and oxygen atoms in total. The molecule has 50 valence electrons. The predicted octanol–water partition coefficient (Wildman–Crippen LogP) is 0.517. The van der Waals surface area contributed by atoms with Gasteiger partial charge in [0.15, 0.2) is 0 Å². The van der Waals surface area contributed by atoms with Gasteiger partial charge >= 0.3 is 0 Å². The zero-order chi connectivity index (χ0) is 6.85. The molecule has 0 aliphatic rings. The standard InChI is InChI=1S/C5H8FN3/c1-3-4-5(6)9(2)8-7-4/h3H2,1-2H3. The van der Waals surface area contributed by atoms with Crippen LogP contribution in [0, 0.1) is 5.95 Å². The quantitative estimate of drug-likeness (QED) is 0.553. The minimum Gasteiger partial charge on any atom is -0.222 e. The van der Waals surface area contributed by atoms with Gasteiger partial charge in [-0.25, -0.2) is 4.68 Å². The van der Waals surface area contributed by atoms with Crippen LogP contribution >= 0.6 is 0 Å². The van der Waals surface area contributed by atoms with Crippen molar-refractivity contribution in [2.24, 2.45) is 7.05 Å². The monoisotopic (exact) mass is 129 g/mol. The Morgan fingerprint density at radius 2 is 2.33 bits per heavy atom. The van der Waals surface area contributed by atoms with E-state index < -0.39 is 0 Å². The molecule has 0 radical (unpaired) electrons. The first-order valence-electron chi connectivity index (χ1n) is 2.79. The molecule has 0 aliphatic heterocycles. The molecule has 1 aromatic rings. The molecule has 0 amide bonds. The second-order valence-electron chi connectivity index (χ2n) is 1.80. The van der Waals surface area contributed by atoms with Crippen LogP contribution in [0.15, 0.2) is 0 Å². The van der Waals surface area contributed by atoms with E-state index in [1.54, 1.807) is 0 Å². The van der Waals surface area contributed by atoms with Crippen molar-refractivity contribution in [1.29, 1.82) is 0 Å². The summed E-state index contributed by atoms with van der Waals surface area (Å²) >= 11 is 0. The Balaban J connectivity index is 3.04. The number of rotatable bonds is 1. The normalized spacial score (nSPS) is 10.1. The Kier molecular flexibility index (Phi) is 1.46. The van der Waals surface area contributed by atoms with Crippen molar-refractivity contribution in [2.75, 3.05) is 0 Å². The molecule has 0 N–H and O–H groups in total. The molecule has 4 heteroatoms. The Bertz CT molecular complexity index is 206. The molecule has 1 rings (SSSR count). The number of aryl methyl sites for hydroxylation is 2. The number of hydrogen-bond donors (Lipinski definition) is 0. The minimum absolute atomic E-state index is 0.336. The van der Waals surface area contributed by atoms with E-state index in [0.29, 0.717) is 12.1 Å². The molecule has 0 fully saturated rings. The third-order valence-electron chi connectivity index (χ3n) is 1.16. The van der Waals surface area contributed by atoms with Crippen molar-refractivity contribution in [2.45, 2.75) is 13.3 Å². The lowest BCUT2D eigenvalue weighted by molar-refractivity contribution is 0.494. The molecule has 0 unspecified atom stereocenters. The zero-order valence-electron chi connectivity index (χ0n) is 5.43. The van der Waals surface area contributed by atoms with Crippen molar-refractivity contribution in [3.63, 3.8) is 0 Å². The fraction of sp³-hybridized carbons (Fsp3) is 0.600. The molecule has 1 heterocycles. The Morgan fingerprint density at radius 1 is 1.67 bits per heavy atom. The van der Waals surface area contributed by atoms with Gasteiger partial charge in [0.25, 0.3) is 0 Å².